The van der Waals surface area contributed by atoms with E-state index in [0.717, 1.165) is 24.5 Å². The minimum Gasteiger partial charge on any atom is -0.358 e. The minimum absolute atomic E-state index is 0.437. The highest BCUT2D eigenvalue weighted by atomic mass is 32.1. The second-order valence-electron chi connectivity index (χ2n) is 3.82. The first-order valence-electron chi connectivity index (χ1n) is 5.54. The lowest BCUT2D eigenvalue weighted by Crippen LogP contribution is -2.21. The summed E-state index contributed by atoms with van der Waals surface area (Å²) in [4.78, 5) is 12.1. The van der Waals surface area contributed by atoms with Crippen molar-refractivity contribution in [2.24, 2.45) is 5.73 Å². The van der Waals surface area contributed by atoms with Crippen molar-refractivity contribution in [1.29, 1.82) is 0 Å². The summed E-state index contributed by atoms with van der Waals surface area (Å²) in [6.45, 7) is 1.38. The summed E-state index contributed by atoms with van der Waals surface area (Å²) in [6.07, 6.45) is 4.54. The molecule has 0 spiro atoms. The normalized spacial score (nSPS) is 10.5. The van der Waals surface area contributed by atoms with Crippen LogP contribution in [0.5, 0.6) is 0 Å². The predicted molar refractivity (Wildman–Crippen MR) is 71.2 cm³/mol. The van der Waals surface area contributed by atoms with Crippen LogP contribution >= 0.6 is 11.3 Å². The first-order chi connectivity index (χ1) is 8.29. The van der Waals surface area contributed by atoms with E-state index in [2.05, 4.69) is 32.4 Å². The highest BCUT2D eigenvalue weighted by molar-refractivity contribution is 7.09. The van der Waals surface area contributed by atoms with Gasteiger partial charge in [-0.25, -0.2) is 4.98 Å². The smallest absolute Gasteiger partial charge is 0.146 e. The van der Waals surface area contributed by atoms with Crippen molar-refractivity contribution in [2.45, 2.75) is 13.0 Å². The van der Waals surface area contributed by atoms with E-state index in [1.165, 1.54) is 4.88 Å². The molecule has 0 aromatic carbocycles. The molecular formula is C12H16N4S. The van der Waals surface area contributed by atoms with Crippen LogP contribution in [-0.4, -0.2) is 23.6 Å². The maximum atomic E-state index is 5.48. The van der Waals surface area contributed by atoms with Gasteiger partial charge in [0, 0.05) is 25.0 Å². The summed E-state index contributed by atoms with van der Waals surface area (Å²) in [5.41, 5.74) is 6.30. The van der Waals surface area contributed by atoms with Crippen molar-refractivity contribution >= 4 is 17.2 Å². The Morgan fingerprint density at radius 3 is 2.82 bits per heavy atom. The maximum Gasteiger partial charge on any atom is 0.146 e. The predicted octanol–water partition coefficient (Wildman–Crippen LogP) is 1.68. The van der Waals surface area contributed by atoms with E-state index >= 15 is 0 Å². The number of anilines is 1. The monoisotopic (exact) mass is 248 g/mol. The van der Waals surface area contributed by atoms with Crippen molar-refractivity contribution in [2.75, 3.05) is 18.5 Å². The number of hydrogen-bond acceptors (Lipinski definition) is 5. The molecule has 0 saturated carbocycles. The molecule has 0 aliphatic carbocycles. The molecular weight excluding hydrogens is 232 g/mol. The van der Waals surface area contributed by atoms with Crippen LogP contribution in [-0.2, 0) is 13.0 Å². The van der Waals surface area contributed by atoms with Gasteiger partial charge in [-0.05, 0) is 17.9 Å². The van der Waals surface area contributed by atoms with Crippen LogP contribution in [0.2, 0.25) is 0 Å². The Hall–Kier alpha value is -1.46. The van der Waals surface area contributed by atoms with Gasteiger partial charge in [0.2, 0.25) is 0 Å². The molecule has 17 heavy (non-hydrogen) atoms. The minimum atomic E-state index is 0.437. The van der Waals surface area contributed by atoms with Crippen molar-refractivity contribution in [3.05, 3.63) is 40.5 Å². The van der Waals surface area contributed by atoms with Gasteiger partial charge >= 0.3 is 0 Å². The molecule has 0 atom stereocenters. The number of hydrogen-bond donors (Lipinski definition) is 1. The topological polar surface area (TPSA) is 55.0 Å². The number of likely N-dealkylation sites (N-methyl/N-ethyl adjacent to an activating group) is 1. The third-order valence-corrected chi connectivity index (χ3v) is 3.50. The van der Waals surface area contributed by atoms with Crippen LogP contribution < -0.4 is 10.6 Å². The van der Waals surface area contributed by atoms with Gasteiger partial charge in [0.15, 0.2) is 0 Å². The third-order valence-electron chi connectivity index (χ3n) is 2.57. The van der Waals surface area contributed by atoms with Crippen LogP contribution in [0, 0.1) is 0 Å². The lowest BCUT2D eigenvalue weighted by Gasteiger charge is -2.17. The first kappa shape index (κ1) is 12.0. The second-order valence-corrected chi connectivity index (χ2v) is 4.85. The lowest BCUT2D eigenvalue weighted by atomic mass is 10.3. The van der Waals surface area contributed by atoms with Gasteiger partial charge < -0.3 is 10.6 Å². The van der Waals surface area contributed by atoms with Crippen molar-refractivity contribution in [3.63, 3.8) is 0 Å². The highest BCUT2D eigenvalue weighted by Crippen LogP contribution is 2.12. The average molecular weight is 248 g/mol. The van der Waals surface area contributed by atoms with Crippen LogP contribution in [0.15, 0.2) is 29.9 Å². The van der Waals surface area contributed by atoms with Gasteiger partial charge in [-0.15, -0.1) is 11.3 Å². The summed E-state index contributed by atoms with van der Waals surface area (Å²) in [7, 11) is 2.03. The molecule has 2 heterocycles. The van der Waals surface area contributed by atoms with Crippen LogP contribution in [0.1, 0.15) is 10.6 Å². The fourth-order valence-corrected chi connectivity index (χ4v) is 2.20. The fraction of sp³-hybridized carbons (Fsp3) is 0.333. The molecule has 2 N–H and O–H groups in total. The Morgan fingerprint density at radius 1 is 1.35 bits per heavy atom. The van der Waals surface area contributed by atoms with Crippen LogP contribution in [0.3, 0.4) is 0 Å². The zero-order valence-electron chi connectivity index (χ0n) is 9.84. The fourth-order valence-electron chi connectivity index (χ4n) is 1.50. The van der Waals surface area contributed by atoms with Crippen molar-refractivity contribution in [1.82, 2.24) is 9.97 Å². The van der Waals surface area contributed by atoms with Crippen molar-refractivity contribution < 1.29 is 0 Å². The molecule has 0 aliphatic rings. The quantitative estimate of drug-likeness (QED) is 0.874. The second kappa shape index (κ2) is 5.75. The molecule has 0 radical (unpaired) electrons. The Balaban J connectivity index is 1.92. The standard InChI is InChI=1S/C12H16N4S/c1-16(5-4-11-3-2-6-17-11)12-9-14-10(7-13)8-15-12/h2-3,6,8-9H,4-5,7,13H2,1H3. The molecule has 4 nitrogen and oxygen atoms in total. The SMILES string of the molecule is CN(CCc1cccs1)c1cnc(CN)cn1. The van der Waals surface area contributed by atoms with E-state index in [9.17, 15) is 0 Å². The molecule has 0 saturated heterocycles. The average Bonchev–Trinajstić information content (AvgIpc) is 2.89. The lowest BCUT2D eigenvalue weighted by molar-refractivity contribution is 0.853. The summed E-state index contributed by atoms with van der Waals surface area (Å²) in [5, 5.41) is 2.10. The number of thiophene rings is 1. The van der Waals surface area contributed by atoms with Crippen molar-refractivity contribution in [3.8, 4) is 0 Å². The molecule has 2 aromatic rings. The van der Waals surface area contributed by atoms with Gasteiger partial charge in [-0.3, -0.25) is 4.98 Å². The van der Waals surface area contributed by atoms with Crippen LogP contribution in [0.25, 0.3) is 0 Å². The molecule has 2 rings (SSSR count). The van der Waals surface area contributed by atoms with Gasteiger partial charge in [-0.1, -0.05) is 6.07 Å². The molecule has 2 aromatic heterocycles. The summed E-state index contributed by atoms with van der Waals surface area (Å²) in [5.74, 6) is 0.888. The van der Waals surface area contributed by atoms with E-state index < -0.39 is 0 Å². The van der Waals surface area contributed by atoms with E-state index in [1.807, 2.05) is 7.05 Å². The Bertz CT molecular complexity index is 438. The van der Waals surface area contributed by atoms with E-state index in [1.54, 1.807) is 23.7 Å². The summed E-state index contributed by atoms with van der Waals surface area (Å²) >= 11 is 1.79. The zero-order valence-corrected chi connectivity index (χ0v) is 10.7. The number of nitrogens with two attached hydrogens (primary N) is 1. The van der Waals surface area contributed by atoms with Gasteiger partial charge in [0.25, 0.3) is 0 Å². The maximum absolute atomic E-state index is 5.48. The summed E-state index contributed by atoms with van der Waals surface area (Å²) in [6, 6.07) is 4.23. The van der Waals surface area contributed by atoms with Gasteiger partial charge in [-0.2, -0.15) is 0 Å². The highest BCUT2D eigenvalue weighted by Gasteiger charge is 2.03. The Labute approximate surface area is 105 Å². The molecule has 0 amide bonds. The Kier molecular flexibility index (Phi) is 4.06. The van der Waals surface area contributed by atoms with E-state index in [-0.39, 0.29) is 0 Å². The van der Waals surface area contributed by atoms with Gasteiger partial charge in [0.1, 0.15) is 5.82 Å². The zero-order chi connectivity index (χ0) is 12.1. The third kappa shape index (κ3) is 3.25. The molecule has 0 bridgehead atoms. The first-order valence-corrected chi connectivity index (χ1v) is 6.42. The van der Waals surface area contributed by atoms with E-state index in [4.69, 9.17) is 5.73 Å². The Morgan fingerprint density at radius 2 is 2.24 bits per heavy atom. The number of rotatable bonds is 5. The van der Waals surface area contributed by atoms with Gasteiger partial charge in [0.05, 0.1) is 18.1 Å². The molecule has 90 valence electrons. The molecule has 0 fully saturated rings. The molecule has 0 unspecified atom stereocenters. The number of nitrogens with zero attached hydrogens (tertiary/aromatic N) is 3. The largest absolute Gasteiger partial charge is 0.358 e. The molecule has 5 heteroatoms. The molecule has 0 aliphatic heterocycles. The summed E-state index contributed by atoms with van der Waals surface area (Å²) < 4.78 is 0. The number of aromatic nitrogens is 2. The van der Waals surface area contributed by atoms with Crippen LogP contribution in [0.4, 0.5) is 5.82 Å². The van der Waals surface area contributed by atoms with E-state index in [0.29, 0.717) is 6.54 Å².